The van der Waals surface area contributed by atoms with Gasteiger partial charge in [0, 0.05) is 42.9 Å². The van der Waals surface area contributed by atoms with E-state index in [0.717, 1.165) is 31.5 Å². The molecular weight excluding hydrogens is 324 g/mol. The summed E-state index contributed by atoms with van der Waals surface area (Å²) in [5.41, 5.74) is 5.35. The van der Waals surface area contributed by atoms with Crippen LogP contribution in [0.25, 0.3) is 0 Å². The Bertz CT molecular complexity index is 586. The molecule has 0 N–H and O–H groups in total. The number of hydrogen-bond donors (Lipinski definition) is 0. The van der Waals surface area contributed by atoms with Gasteiger partial charge in [-0.3, -0.25) is 0 Å². The zero-order chi connectivity index (χ0) is 14.7. The minimum absolute atomic E-state index is 0.925. The molecule has 1 fully saturated rings. The van der Waals surface area contributed by atoms with E-state index in [-0.39, 0.29) is 0 Å². The highest BCUT2D eigenvalue weighted by Gasteiger charge is 2.17. The Labute approximate surface area is 135 Å². The number of hydrogen-bond acceptors (Lipinski definition) is 2. The van der Waals surface area contributed by atoms with Crippen LogP contribution in [0.2, 0.25) is 0 Å². The second kappa shape index (κ2) is 6.52. The number of anilines is 2. The summed E-state index contributed by atoms with van der Waals surface area (Å²) in [4.78, 5) is 4.96. The molecule has 2 nitrogen and oxygen atoms in total. The highest BCUT2D eigenvalue weighted by Crippen LogP contribution is 2.22. The van der Waals surface area contributed by atoms with Crippen LogP contribution in [0.3, 0.4) is 0 Å². The molecule has 1 heterocycles. The van der Waals surface area contributed by atoms with E-state index in [0.29, 0.717) is 0 Å². The minimum Gasteiger partial charge on any atom is -0.368 e. The largest absolute Gasteiger partial charge is 0.368 e. The van der Waals surface area contributed by atoms with Gasteiger partial charge in [-0.25, -0.2) is 0 Å². The lowest BCUT2D eigenvalue weighted by Gasteiger charge is -2.37. The van der Waals surface area contributed by atoms with Crippen LogP contribution in [0.4, 0.5) is 11.4 Å². The maximum absolute atomic E-state index is 3.50. The third kappa shape index (κ3) is 3.41. The number of rotatable bonds is 3. The predicted octanol–water partition coefficient (Wildman–Crippen LogP) is 4.22. The van der Waals surface area contributed by atoms with Gasteiger partial charge in [0.1, 0.15) is 0 Å². The monoisotopic (exact) mass is 344 g/mol. The van der Waals surface area contributed by atoms with Crippen LogP contribution in [-0.4, -0.2) is 26.2 Å². The molecule has 0 atom stereocenters. The number of alkyl halides is 1. The Balaban J connectivity index is 1.64. The third-order valence-electron chi connectivity index (χ3n) is 4.10. The number of halogens is 1. The molecule has 0 radical (unpaired) electrons. The molecule has 0 bridgehead atoms. The highest BCUT2D eigenvalue weighted by atomic mass is 79.9. The van der Waals surface area contributed by atoms with Crippen LogP contribution in [0.15, 0.2) is 48.5 Å². The number of benzene rings is 2. The van der Waals surface area contributed by atoms with Crippen molar-refractivity contribution in [3.05, 3.63) is 59.7 Å². The van der Waals surface area contributed by atoms with Gasteiger partial charge in [-0.05, 0) is 42.3 Å². The third-order valence-corrected chi connectivity index (χ3v) is 4.75. The Morgan fingerprint density at radius 1 is 0.857 bits per heavy atom. The molecule has 0 amide bonds. The smallest absolute Gasteiger partial charge is 0.0370 e. The van der Waals surface area contributed by atoms with Gasteiger partial charge in [-0.2, -0.15) is 0 Å². The average Bonchev–Trinajstić information content (AvgIpc) is 2.55. The van der Waals surface area contributed by atoms with Gasteiger partial charge < -0.3 is 9.80 Å². The van der Waals surface area contributed by atoms with Crippen molar-refractivity contribution in [3.8, 4) is 0 Å². The van der Waals surface area contributed by atoms with E-state index in [1.807, 2.05) is 0 Å². The summed E-state index contributed by atoms with van der Waals surface area (Å²) in [7, 11) is 0. The molecule has 2 aromatic carbocycles. The van der Waals surface area contributed by atoms with E-state index in [1.165, 1.54) is 22.5 Å². The maximum Gasteiger partial charge on any atom is 0.0370 e. The van der Waals surface area contributed by atoms with Gasteiger partial charge >= 0.3 is 0 Å². The molecule has 1 aliphatic rings. The standard InChI is InChI=1S/C18H21BrN2/c1-15-3-2-4-18(13-15)21-11-9-20(10-12-21)17-7-5-16(14-19)6-8-17/h2-8,13H,9-12,14H2,1H3. The van der Waals surface area contributed by atoms with Crippen molar-refractivity contribution in [2.45, 2.75) is 12.3 Å². The van der Waals surface area contributed by atoms with Gasteiger partial charge in [-0.15, -0.1) is 0 Å². The van der Waals surface area contributed by atoms with E-state index >= 15 is 0 Å². The predicted molar refractivity (Wildman–Crippen MR) is 94.7 cm³/mol. The first-order valence-corrected chi connectivity index (χ1v) is 8.60. The number of aryl methyl sites for hydroxylation is 1. The van der Waals surface area contributed by atoms with Crippen molar-refractivity contribution < 1.29 is 0 Å². The molecule has 0 aliphatic carbocycles. The number of nitrogens with zero attached hydrogens (tertiary/aromatic N) is 2. The molecule has 0 unspecified atom stereocenters. The fourth-order valence-electron chi connectivity index (χ4n) is 2.84. The summed E-state index contributed by atoms with van der Waals surface area (Å²) in [5, 5.41) is 0.925. The molecule has 1 saturated heterocycles. The van der Waals surface area contributed by atoms with E-state index in [9.17, 15) is 0 Å². The van der Waals surface area contributed by atoms with Crippen molar-refractivity contribution in [2.75, 3.05) is 36.0 Å². The van der Waals surface area contributed by atoms with Crippen molar-refractivity contribution in [1.82, 2.24) is 0 Å². The molecule has 2 aromatic rings. The summed E-state index contributed by atoms with van der Waals surface area (Å²) in [6, 6.07) is 17.7. The molecule has 110 valence electrons. The van der Waals surface area contributed by atoms with Crippen molar-refractivity contribution >= 4 is 27.3 Å². The summed E-state index contributed by atoms with van der Waals surface area (Å²) in [6.07, 6.45) is 0. The Hall–Kier alpha value is -1.48. The Morgan fingerprint density at radius 3 is 2.05 bits per heavy atom. The molecule has 0 saturated carbocycles. The lowest BCUT2D eigenvalue weighted by atomic mass is 10.1. The van der Waals surface area contributed by atoms with E-state index in [2.05, 4.69) is 81.2 Å². The summed E-state index contributed by atoms with van der Waals surface area (Å²) in [6.45, 7) is 6.50. The number of piperazine rings is 1. The second-order valence-electron chi connectivity index (χ2n) is 5.61. The van der Waals surface area contributed by atoms with E-state index < -0.39 is 0 Å². The summed E-state index contributed by atoms with van der Waals surface area (Å²) in [5.74, 6) is 0. The minimum atomic E-state index is 0.925. The topological polar surface area (TPSA) is 6.48 Å². The van der Waals surface area contributed by atoms with Crippen LogP contribution in [0, 0.1) is 6.92 Å². The van der Waals surface area contributed by atoms with Crippen LogP contribution < -0.4 is 9.80 Å². The Morgan fingerprint density at radius 2 is 1.48 bits per heavy atom. The summed E-state index contributed by atoms with van der Waals surface area (Å²) >= 11 is 3.50. The first kappa shape index (κ1) is 14.5. The maximum atomic E-state index is 3.50. The lowest BCUT2D eigenvalue weighted by Crippen LogP contribution is -2.46. The summed E-state index contributed by atoms with van der Waals surface area (Å²) < 4.78 is 0. The van der Waals surface area contributed by atoms with Crippen molar-refractivity contribution in [3.63, 3.8) is 0 Å². The molecule has 3 heteroatoms. The second-order valence-corrected chi connectivity index (χ2v) is 6.17. The lowest BCUT2D eigenvalue weighted by molar-refractivity contribution is 0.653. The van der Waals surface area contributed by atoms with Gasteiger partial charge in [0.15, 0.2) is 0 Å². The quantitative estimate of drug-likeness (QED) is 0.769. The zero-order valence-electron chi connectivity index (χ0n) is 12.4. The van der Waals surface area contributed by atoms with Crippen molar-refractivity contribution in [1.29, 1.82) is 0 Å². The molecule has 1 aliphatic heterocycles. The van der Waals surface area contributed by atoms with Crippen LogP contribution in [0.1, 0.15) is 11.1 Å². The van der Waals surface area contributed by atoms with E-state index in [4.69, 9.17) is 0 Å². The fraction of sp³-hybridized carbons (Fsp3) is 0.333. The van der Waals surface area contributed by atoms with Gasteiger partial charge in [-0.1, -0.05) is 40.2 Å². The van der Waals surface area contributed by atoms with Gasteiger partial charge in [0.25, 0.3) is 0 Å². The SMILES string of the molecule is Cc1cccc(N2CCN(c3ccc(CBr)cc3)CC2)c1. The molecule has 0 aromatic heterocycles. The average molecular weight is 345 g/mol. The fourth-order valence-corrected chi connectivity index (χ4v) is 3.22. The first-order valence-electron chi connectivity index (χ1n) is 7.48. The van der Waals surface area contributed by atoms with Crippen molar-refractivity contribution in [2.24, 2.45) is 0 Å². The van der Waals surface area contributed by atoms with Crippen LogP contribution in [0.5, 0.6) is 0 Å². The Kier molecular flexibility index (Phi) is 4.49. The highest BCUT2D eigenvalue weighted by molar-refractivity contribution is 9.08. The van der Waals surface area contributed by atoms with Crippen LogP contribution in [-0.2, 0) is 5.33 Å². The van der Waals surface area contributed by atoms with Gasteiger partial charge in [0.2, 0.25) is 0 Å². The van der Waals surface area contributed by atoms with Gasteiger partial charge in [0.05, 0.1) is 0 Å². The molecule has 0 spiro atoms. The molecule has 3 rings (SSSR count). The first-order chi connectivity index (χ1) is 10.3. The normalized spacial score (nSPS) is 15.3. The molecular formula is C18H21BrN2. The zero-order valence-corrected chi connectivity index (χ0v) is 14.0. The van der Waals surface area contributed by atoms with Crippen LogP contribution >= 0.6 is 15.9 Å². The van der Waals surface area contributed by atoms with E-state index in [1.54, 1.807) is 0 Å². The molecule has 21 heavy (non-hydrogen) atoms.